The van der Waals surface area contributed by atoms with E-state index < -0.39 is 0 Å². The molecule has 94 valence electrons. The van der Waals surface area contributed by atoms with Crippen LogP contribution in [0.4, 0.5) is 0 Å². The number of carbonyl (C=O) groups excluding carboxylic acids is 2. The number of benzene rings is 1. The molecular weight excluding hydrogens is 228 g/mol. The highest BCUT2D eigenvalue weighted by Gasteiger charge is 2.13. The molecule has 1 unspecified atom stereocenters. The minimum Gasteiger partial charge on any atom is -0.462 e. The Hall–Kier alpha value is -1.90. The Kier molecular flexibility index (Phi) is 4.29. The van der Waals surface area contributed by atoms with E-state index in [0.717, 1.165) is 25.5 Å². The van der Waals surface area contributed by atoms with E-state index in [-0.39, 0.29) is 5.97 Å². The Morgan fingerprint density at radius 1 is 1.28 bits per heavy atom. The van der Waals surface area contributed by atoms with Crippen LogP contribution in [0.3, 0.4) is 0 Å². The quantitative estimate of drug-likeness (QED) is 0.464. The predicted molar refractivity (Wildman–Crippen MR) is 68.6 cm³/mol. The van der Waals surface area contributed by atoms with E-state index in [4.69, 9.17) is 4.74 Å². The van der Waals surface area contributed by atoms with Gasteiger partial charge in [-0.25, -0.2) is 4.79 Å². The molecule has 0 bridgehead atoms. The summed E-state index contributed by atoms with van der Waals surface area (Å²) in [4.78, 5) is 22.3. The summed E-state index contributed by atoms with van der Waals surface area (Å²) in [7, 11) is 0. The van der Waals surface area contributed by atoms with E-state index >= 15 is 0 Å². The maximum atomic E-state index is 11.8. The van der Waals surface area contributed by atoms with Crippen LogP contribution in [-0.4, -0.2) is 18.9 Å². The summed E-state index contributed by atoms with van der Waals surface area (Å²) < 4.78 is 5.28. The lowest BCUT2D eigenvalue weighted by atomic mass is 9.95. The lowest BCUT2D eigenvalue weighted by Gasteiger charge is -2.17. The zero-order chi connectivity index (χ0) is 12.8. The molecule has 3 nitrogen and oxygen atoms in total. The van der Waals surface area contributed by atoms with E-state index in [1.807, 2.05) is 0 Å². The average molecular weight is 244 g/mol. The van der Waals surface area contributed by atoms with Crippen molar-refractivity contribution in [2.45, 2.75) is 19.3 Å². The Morgan fingerprint density at radius 3 is 2.67 bits per heavy atom. The van der Waals surface area contributed by atoms with Crippen LogP contribution in [0, 0.1) is 5.92 Å². The molecule has 18 heavy (non-hydrogen) atoms. The molecule has 2 rings (SSSR count). The highest BCUT2D eigenvalue weighted by atomic mass is 16.5. The van der Waals surface area contributed by atoms with Crippen molar-refractivity contribution < 1.29 is 14.3 Å². The molecule has 1 aromatic carbocycles. The molecule has 0 fully saturated rings. The summed E-state index contributed by atoms with van der Waals surface area (Å²) in [6.45, 7) is 0.471. The van der Waals surface area contributed by atoms with Crippen LogP contribution in [0.5, 0.6) is 0 Å². The zero-order valence-corrected chi connectivity index (χ0v) is 10.2. The Labute approximate surface area is 106 Å². The van der Waals surface area contributed by atoms with E-state index in [9.17, 15) is 9.59 Å². The monoisotopic (exact) mass is 244 g/mol. The SMILES string of the molecule is O=Cc1ccc(C(=O)OCC2CC=CCC2)cc1. The fourth-order valence-electron chi connectivity index (χ4n) is 1.98. The van der Waals surface area contributed by atoms with Crippen LogP contribution in [0.15, 0.2) is 36.4 Å². The van der Waals surface area contributed by atoms with Crippen LogP contribution in [0.2, 0.25) is 0 Å². The normalized spacial score (nSPS) is 18.3. The number of hydrogen-bond acceptors (Lipinski definition) is 3. The van der Waals surface area contributed by atoms with Crippen molar-refractivity contribution in [2.75, 3.05) is 6.61 Å². The maximum Gasteiger partial charge on any atom is 0.338 e. The second-order valence-corrected chi connectivity index (χ2v) is 4.49. The molecule has 0 heterocycles. The van der Waals surface area contributed by atoms with E-state index in [1.54, 1.807) is 24.3 Å². The highest BCUT2D eigenvalue weighted by molar-refractivity contribution is 5.90. The fraction of sp³-hybridized carbons (Fsp3) is 0.333. The maximum absolute atomic E-state index is 11.8. The molecule has 1 aromatic rings. The third-order valence-corrected chi connectivity index (χ3v) is 3.11. The van der Waals surface area contributed by atoms with Crippen molar-refractivity contribution in [1.29, 1.82) is 0 Å². The molecule has 3 heteroatoms. The van der Waals surface area contributed by atoms with Gasteiger partial charge in [-0.3, -0.25) is 4.79 Å². The lowest BCUT2D eigenvalue weighted by Crippen LogP contribution is -2.15. The van der Waals surface area contributed by atoms with Gasteiger partial charge >= 0.3 is 5.97 Å². The molecule has 1 aliphatic rings. The van der Waals surface area contributed by atoms with Crippen molar-refractivity contribution >= 4 is 12.3 Å². The number of ether oxygens (including phenoxy) is 1. The Bertz CT molecular complexity index is 445. The first-order chi connectivity index (χ1) is 8.79. The van der Waals surface area contributed by atoms with Crippen molar-refractivity contribution in [3.63, 3.8) is 0 Å². The number of esters is 1. The molecule has 0 saturated carbocycles. The number of carbonyl (C=O) groups is 2. The summed E-state index contributed by atoms with van der Waals surface area (Å²) in [6.07, 6.45) is 8.18. The van der Waals surface area contributed by atoms with Crippen LogP contribution in [-0.2, 0) is 4.74 Å². The van der Waals surface area contributed by atoms with Crippen molar-refractivity contribution in [1.82, 2.24) is 0 Å². The Morgan fingerprint density at radius 2 is 2.06 bits per heavy atom. The summed E-state index contributed by atoms with van der Waals surface area (Å²) >= 11 is 0. The van der Waals surface area contributed by atoms with Crippen LogP contribution in [0.25, 0.3) is 0 Å². The van der Waals surface area contributed by atoms with E-state index in [2.05, 4.69) is 12.2 Å². The van der Waals surface area contributed by atoms with Crippen LogP contribution < -0.4 is 0 Å². The van der Waals surface area contributed by atoms with Gasteiger partial charge in [-0.1, -0.05) is 24.3 Å². The molecule has 0 radical (unpaired) electrons. The average Bonchev–Trinajstić information content (AvgIpc) is 2.46. The number of hydrogen-bond donors (Lipinski definition) is 0. The van der Waals surface area contributed by atoms with Gasteiger partial charge in [-0.15, -0.1) is 0 Å². The van der Waals surface area contributed by atoms with Crippen molar-refractivity contribution in [2.24, 2.45) is 5.92 Å². The first-order valence-corrected chi connectivity index (χ1v) is 6.17. The summed E-state index contributed by atoms with van der Waals surface area (Å²) in [6, 6.07) is 6.47. The molecule has 1 aliphatic carbocycles. The number of allylic oxidation sites excluding steroid dienone is 2. The molecule has 0 amide bonds. The minimum absolute atomic E-state index is 0.318. The van der Waals surface area contributed by atoms with Gasteiger partial charge in [0.15, 0.2) is 0 Å². The highest BCUT2D eigenvalue weighted by Crippen LogP contribution is 2.18. The van der Waals surface area contributed by atoms with E-state index in [0.29, 0.717) is 23.7 Å². The first kappa shape index (κ1) is 12.6. The molecular formula is C15H16O3. The van der Waals surface area contributed by atoms with Gasteiger partial charge in [0.1, 0.15) is 6.29 Å². The second-order valence-electron chi connectivity index (χ2n) is 4.49. The van der Waals surface area contributed by atoms with Gasteiger partial charge in [0.2, 0.25) is 0 Å². The van der Waals surface area contributed by atoms with Gasteiger partial charge in [0.25, 0.3) is 0 Å². The first-order valence-electron chi connectivity index (χ1n) is 6.17. The molecule has 0 N–H and O–H groups in total. The van der Waals surface area contributed by atoms with Crippen LogP contribution in [0.1, 0.15) is 40.0 Å². The standard InChI is InChI=1S/C15H16O3/c16-10-12-6-8-14(9-7-12)15(17)18-11-13-4-2-1-3-5-13/h1-2,6-10,13H,3-5,11H2. The van der Waals surface area contributed by atoms with Gasteiger partial charge in [0.05, 0.1) is 12.2 Å². The van der Waals surface area contributed by atoms with Crippen LogP contribution >= 0.6 is 0 Å². The largest absolute Gasteiger partial charge is 0.462 e. The molecule has 1 atom stereocenters. The molecule has 0 spiro atoms. The van der Waals surface area contributed by atoms with Crippen molar-refractivity contribution in [3.05, 3.63) is 47.5 Å². The number of rotatable bonds is 4. The van der Waals surface area contributed by atoms with Gasteiger partial charge in [0, 0.05) is 5.56 Å². The lowest BCUT2D eigenvalue weighted by molar-refractivity contribution is 0.0432. The van der Waals surface area contributed by atoms with Gasteiger partial charge < -0.3 is 4.74 Å². The molecule has 0 saturated heterocycles. The summed E-state index contributed by atoms with van der Waals surface area (Å²) in [5.41, 5.74) is 1.05. The molecule has 0 aromatic heterocycles. The van der Waals surface area contributed by atoms with Crippen molar-refractivity contribution in [3.8, 4) is 0 Å². The Balaban J connectivity index is 1.86. The van der Waals surface area contributed by atoms with Gasteiger partial charge in [-0.05, 0) is 37.3 Å². The van der Waals surface area contributed by atoms with Gasteiger partial charge in [-0.2, -0.15) is 0 Å². The third kappa shape index (κ3) is 3.29. The molecule has 0 aliphatic heterocycles. The predicted octanol–water partition coefficient (Wildman–Crippen LogP) is 3.01. The second kappa shape index (κ2) is 6.15. The number of aldehydes is 1. The van der Waals surface area contributed by atoms with E-state index in [1.165, 1.54) is 0 Å². The summed E-state index contributed by atoms with van der Waals surface area (Å²) in [5, 5.41) is 0. The smallest absolute Gasteiger partial charge is 0.338 e. The topological polar surface area (TPSA) is 43.4 Å². The fourth-order valence-corrected chi connectivity index (χ4v) is 1.98. The zero-order valence-electron chi connectivity index (χ0n) is 10.2. The summed E-state index contributed by atoms with van der Waals surface area (Å²) in [5.74, 6) is 0.121. The minimum atomic E-state index is -0.318. The third-order valence-electron chi connectivity index (χ3n) is 3.11.